The van der Waals surface area contributed by atoms with Crippen LogP contribution < -0.4 is 4.74 Å². The molecule has 0 bridgehead atoms. The highest BCUT2D eigenvalue weighted by Gasteiger charge is 2.14. The van der Waals surface area contributed by atoms with Gasteiger partial charge in [0, 0.05) is 0 Å². The molecule has 1 N–H and O–H groups in total. The second kappa shape index (κ2) is 6.68. The van der Waals surface area contributed by atoms with Gasteiger partial charge in [-0.3, -0.25) is 9.59 Å². The molecule has 0 fully saturated rings. The number of hydrogen-bond acceptors (Lipinski definition) is 3. The zero-order valence-corrected chi connectivity index (χ0v) is 9.76. The van der Waals surface area contributed by atoms with E-state index in [0.29, 0.717) is 30.8 Å². The van der Waals surface area contributed by atoms with Crippen molar-refractivity contribution in [3.8, 4) is 5.75 Å². The SMILES string of the molecule is CCC(CCOc1ccccc1C=O)C(=O)O. The number of ether oxygens (including phenoxy) is 1. The summed E-state index contributed by atoms with van der Waals surface area (Å²) in [6, 6.07) is 6.89. The Kier molecular flexibility index (Phi) is 5.20. The molecule has 0 heterocycles. The highest BCUT2D eigenvalue weighted by molar-refractivity contribution is 5.79. The van der Waals surface area contributed by atoms with Crippen molar-refractivity contribution in [3.05, 3.63) is 29.8 Å². The molecule has 1 atom stereocenters. The molecule has 0 aliphatic rings. The maximum Gasteiger partial charge on any atom is 0.306 e. The smallest absolute Gasteiger partial charge is 0.306 e. The zero-order valence-electron chi connectivity index (χ0n) is 9.76. The minimum absolute atomic E-state index is 0.301. The Morgan fingerprint density at radius 2 is 2.18 bits per heavy atom. The Bertz CT molecular complexity index is 387. The number of carboxylic acid groups (broad SMARTS) is 1. The Morgan fingerprint density at radius 3 is 2.76 bits per heavy atom. The maximum absolute atomic E-state index is 10.8. The lowest BCUT2D eigenvalue weighted by molar-refractivity contribution is -0.142. The van der Waals surface area contributed by atoms with Gasteiger partial charge in [-0.2, -0.15) is 0 Å². The van der Waals surface area contributed by atoms with Crippen molar-refractivity contribution in [1.82, 2.24) is 0 Å². The summed E-state index contributed by atoms with van der Waals surface area (Å²) in [5.41, 5.74) is 0.482. The van der Waals surface area contributed by atoms with Crippen LogP contribution in [0.3, 0.4) is 0 Å². The van der Waals surface area contributed by atoms with E-state index in [0.717, 1.165) is 6.29 Å². The van der Waals surface area contributed by atoms with E-state index in [1.807, 2.05) is 6.92 Å². The number of aliphatic carboxylic acids is 1. The number of para-hydroxylation sites is 1. The lowest BCUT2D eigenvalue weighted by Crippen LogP contribution is -2.16. The van der Waals surface area contributed by atoms with E-state index < -0.39 is 11.9 Å². The number of rotatable bonds is 7. The molecule has 1 aromatic carbocycles. The molecule has 0 aliphatic carbocycles. The van der Waals surface area contributed by atoms with E-state index in [-0.39, 0.29) is 0 Å². The van der Waals surface area contributed by atoms with Crippen molar-refractivity contribution in [2.75, 3.05) is 6.61 Å². The number of hydrogen-bond donors (Lipinski definition) is 1. The van der Waals surface area contributed by atoms with Gasteiger partial charge in [0.2, 0.25) is 0 Å². The van der Waals surface area contributed by atoms with E-state index in [4.69, 9.17) is 9.84 Å². The van der Waals surface area contributed by atoms with Gasteiger partial charge in [-0.1, -0.05) is 19.1 Å². The monoisotopic (exact) mass is 236 g/mol. The van der Waals surface area contributed by atoms with Gasteiger partial charge >= 0.3 is 5.97 Å². The topological polar surface area (TPSA) is 63.6 Å². The number of carboxylic acids is 1. The lowest BCUT2D eigenvalue weighted by Gasteiger charge is -2.11. The van der Waals surface area contributed by atoms with Crippen molar-refractivity contribution in [3.63, 3.8) is 0 Å². The van der Waals surface area contributed by atoms with Crippen molar-refractivity contribution in [2.45, 2.75) is 19.8 Å². The van der Waals surface area contributed by atoms with Crippen LogP contribution in [0.15, 0.2) is 24.3 Å². The summed E-state index contributed by atoms with van der Waals surface area (Å²) in [5, 5.41) is 8.86. The number of carbonyl (C=O) groups excluding carboxylic acids is 1. The van der Waals surface area contributed by atoms with Crippen LogP contribution in [-0.2, 0) is 4.79 Å². The average Bonchev–Trinajstić information content (AvgIpc) is 2.34. The fourth-order valence-corrected chi connectivity index (χ4v) is 1.52. The van der Waals surface area contributed by atoms with Gasteiger partial charge in [0.05, 0.1) is 18.1 Å². The molecule has 4 nitrogen and oxygen atoms in total. The fourth-order valence-electron chi connectivity index (χ4n) is 1.52. The van der Waals surface area contributed by atoms with Crippen LogP contribution in [0.1, 0.15) is 30.1 Å². The van der Waals surface area contributed by atoms with Crippen LogP contribution in [0.4, 0.5) is 0 Å². The van der Waals surface area contributed by atoms with Crippen molar-refractivity contribution >= 4 is 12.3 Å². The number of aldehydes is 1. The molecule has 1 aromatic rings. The Morgan fingerprint density at radius 1 is 1.47 bits per heavy atom. The fraction of sp³-hybridized carbons (Fsp3) is 0.385. The molecule has 0 spiro atoms. The Balaban J connectivity index is 2.50. The molecular weight excluding hydrogens is 220 g/mol. The zero-order chi connectivity index (χ0) is 12.7. The minimum atomic E-state index is -0.806. The summed E-state index contributed by atoms with van der Waals surface area (Å²) in [7, 11) is 0. The molecule has 0 saturated carbocycles. The maximum atomic E-state index is 10.8. The summed E-state index contributed by atoms with van der Waals surface area (Å²) in [5.74, 6) is -0.694. The quantitative estimate of drug-likeness (QED) is 0.738. The first kappa shape index (κ1) is 13.2. The highest BCUT2D eigenvalue weighted by atomic mass is 16.5. The number of benzene rings is 1. The Labute approximate surface area is 100 Å². The van der Waals surface area contributed by atoms with Gasteiger partial charge in [0.25, 0.3) is 0 Å². The standard InChI is InChI=1S/C13H16O4/c1-2-10(13(15)16)7-8-17-12-6-4-3-5-11(12)9-14/h3-6,9-10H,2,7-8H2,1H3,(H,15,16). The minimum Gasteiger partial charge on any atom is -0.493 e. The molecule has 1 rings (SSSR count). The molecule has 0 aliphatic heterocycles. The molecule has 1 unspecified atom stereocenters. The first-order valence-electron chi connectivity index (χ1n) is 5.58. The molecule has 0 aromatic heterocycles. The van der Waals surface area contributed by atoms with Crippen LogP contribution in [0.5, 0.6) is 5.75 Å². The van der Waals surface area contributed by atoms with Crippen LogP contribution in [0, 0.1) is 5.92 Å². The second-order valence-corrected chi connectivity index (χ2v) is 3.74. The van der Waals surface area contributed by atoms with Gasteiger partial charge in [-0.25, -0.2) is 0 Å². The molecule has 17 heavy (non-hydrogen) atoms. The van der Waals surface area contributed by atoms with Gasteiger partial charge in [0.15, 0.2) is 6.29 Å². The Hall–Kier alpha value is -1.84. The summed E-state index contributed by atoms with van der Waals surface area (Å²) in [4.78, 5) is 21.5. The summed E-state index contributed by atoms with van der Waals surface area (Å²) in [6.45, 7) is 2.13. The van der Waals surface area contributed by atoms with Crippen LogP contribution in [-0.4, -0.2) is 24.0 Å². The van der Waals surface area contributed by atoms with Gasteiger partial charge in [0.1, 0.15) is 5.75 Å². The highest BCUT2D eigenvalue weighted by Crippen LogP contribution is 2.17. The molecule has 0 saturated heterocycles. The molecule has 4 heteroatoms. The molecular formula is C13H16O4. The molecule has 0 amide bonds. The predicted molar refractivity (Wildman–Crippen MR) is 63.4 cm³/mol. The van der Waals surface area contributed by atoms with Gasteiger partial charge < -0.3 is 9.84 Å². The predicted octanol–water partition coefficient (Wildman–Crippen LogP) is 2.38. The van der Waals surface area contributed by atoms with E-state index in [1.165, 1.54) is 0 Å². The van der Waals surface area contributed by atoms with Crippen LogP contribution in [0.25, 0.3) is 0 Å². The van der Waals surface area contributed by atoms with Crippen LogP contribution in [0.2, 0.25) is 0 Å². The summed E-state index contributed by atoms with van der Waals surface area (Å²) in [6.07, 6.45) is 1.75. The summed E-state index contributed by atoms with van der Waals surface area (Å²) >= 11 is 0. The van der Waals surface area contributed by atoms with E-state index in [1.54, 1.807) is 24.3 Å². The third kappa shape index (κ3) is 3.90. The first-order chi connectivity index (χ1) is 8.19. The third-order valence-electron chi connectivity index (χ3n) is 2.61. The molecule has 92 valence electrons. The summed E-state index contributed by atoms with van der Waals surface area (Å²) < 4.78 is 5.42. The normalized spacial score (nSPS) is 11.8. The van der Waals surface area contributed by atoms with Crippen molar-refractivity contribution < 1.29 is 19.4 Å². The van der Waals surface area contributed by atoms with E-state index >= 15 is 0 Å². The third-order valence-corrected chi connectivity index (χ3v) is 2.61. The largest absolute Gasteiger partial charge is 0.493 e. The van der Waals surface area contributed by atoms with Gasteiger partial charge in [-0.15, -0.1) is 0 Å². The lowest BCUT2D eigenvalue weighted by atomic mass is 10.0. The first-order valence-corrected chi connectivity index (χ1v) is 5.58. The number of carbonyl (C=O) groups is 2. The van der Waals surface area contributed by atoms with E-state index in [9.17, 15) is 9.59 Å². The second-order valence-electron chi connectivity index (χ2n) is 3.74. The van der Waals surface area contributed by atoms with Crippen LogP contribution >= 0.6 is 0 Å². The van der Waals surface area contributed by atoms with Crippen molar-refractivity contribution in [1.29, 1.82) is 0 Å². The van der Waals surface area contributed by atoms with Gasteiger partial charge in [-0.05, 0) is 25.0 Å². The molecule has 0 radical (unpaired) electrons. The average molecular weight is 236 g/mol. The van der Waals surface area contributed by atoms with E-state index in [2.05, 4.69) is 0 Å². The van der Waals surface area contributed by atoms with Crippen molar-refractivity contribution in [2.24, 2.45) is 5.92 Å².